The van der Waals surface area contributed by atoms with Crippen LogP contribution in [0.5, 0.6) is 0 Å². The Kier molecular flexibility index (Phi) is 4.37. The van der Waals surface area contributed by atoms with Crippen LogP contribution in [-0.2, 0) is 11.3 Å². The molecule has 134 valence electrons. The number of amides is 1. The Labute approximate surface area is 161 Å². The number of primary amides is 1. The van der Waals surface area contributed by atoms with Crippen molar-refractivity contribution in [1.82, 2.24) is 0 Å². The van der Waals surface area contributed by atoms with Gasteiger partial charge < -0.3 is 5.73 Å². The van der Waals surface area contributed by atoms with Gasteiger partial charge >= 0.3 is 11.7 Å². The quantitative estimate of drug-likeness (QED) is 0.695. The van der Waals surface area contributed by atoms with Crippen LogP contribution in [0.4, 0.5) is 11.5 Å². The lowest BCUT2D eigenvalue weighted by Crippen LogP contribution is -2.48. The van der Waals surface area contributed by atoms with Crippen molar-refractivity contribution < 1.29 is 13.9 Å². The molecule has 2 N–H and O–H groups in total. The van der Waals surface area contributed by atoms with E-state index in [0.29, 0.717) is 5.82 Å². The molecule has 6 nitrogen and oxygen atoms in total. The van der Waals surface area contributed by atoms with Gasteiger partial charge in [0.2, 0.25) is 24.7 Å². The summed E-state index contributed by atoms with van der Waals surface area (Å²) in [5.41, 5.74) is 10.3. The average Bonchev–Trinajstić information content (AvgIpc) is 3.25. The standard InChI is InChI=1S/C20H18N5OS/c1-13-4-3-5-14(2)18(13)23-20-19(15-6-9-27-12-15)22-17-11-24(10-16(21)26)7-8-25(17)20/h3-9,11-12H,10H2,1-2H3,(H-,21,26)/q+1/p+1. The normalized spacial score (nSPS) is 14.3. The number of hydrogen-bond donors (Lipinski definition) is 1. The van der Waals surface area contributed by atoms with Gasteiger partial charge in [0.05, 0.1) is 0 Å². The number of nitrogens with two attached hydrogens (primary N) is 1. The van der Waals surface area contributed by atoms with Gasteiger partial charge in [-0.25, -0.2) is 0 Å². The molecule has 0 radical (unpaired) electrons. The van der Waals surface area contributed by atoms with Gasteiger partial charge in [0.15, 0.2) is 0 Å². The van der Waals surface area contributed by atoms with Crippen LogP contribution in [0.1, 0.15) is 16.7 Å². The molecular weight excluding hydrogens is 358 g/mol. The summed E-state index contributed by atoms with van der Waals surface area (Å²) >= 11 is 1.62. The Balaban J connectivity index is 1.88. The van der Waals surface area contributed by atoms with E-state index < -0.39 is 5.91 Å². The maximum absolute atomic E-state index is 11.2. The topological polar surface area (TPSA) is 75.6 Å². The lowest BCUT2D eigenvalue weighted by molar-refractivity contribution is -0.701. The molecule has 27 heavy (non-hydrogen) atoms. The minimum Gasteiger partial charge on any atom is -0.364 e. The number of aromatic nitrogens is 2. The number of nitrogens with zero attached hydrogens (tertiary/aromatic N) is 4. The van der Waals surface area contributed by atoms with Crippen LogP contribution in [0.3, 0.4) is 0 Å². The SMILES string of the molecule is Cc1cccc(C)c1N=C1C(c2ccsc2)=Nc2c[n+](CC(N)=O)cc[n+]21. The fourth-order valence-corrected chi connectivity index (χ4v) is 3.73. The van der Waals surface area contributed by atoms with Crippen LogP contribution in [0.25, 0.3) is 0 Å². The number of benzene rings is 1. The first-order valence-corrected chi connectivity index (χ1v) is 9.47. The summed E-state index contributed by atoms with van der Waals surface area (Å²) in [6.45, 7) is 4.22. The second kappa shape index (κ2) is 6.85. The molecule has 0 bridgehead atoms. The van der Waals surface area contributed by atoms with E-state index in [-0.39, 0.29) is 6.54 Å². The zero-order valence-electron chi connectivity index (χ0n) is 15.1. The second-order valence-corrected chi connectivity index (χ2v) is 7.22. The van der Waals surface area contributed by atoms with Crippen LogP contribution in [0.2, 0.25) is 0 Å². The molecule has 0 atom stereocenters. The van der Waals surface area contributed by atoms with Crippen molar-refractivity contribution in [2.24, 2.45) is 15.7 Å². The van der Waals surface area contributed by atoms with Crippen molar-refractivity contribution in [2.75, 3.05) is 0 Å². The van der Waals surface area contributed by atoms with Crippen LogP contribution in [0, 0.1) is 13.8 Å². The van der Waals surface area contributed by atoms with Crippen molar-refractivity contribution in [3.05, 3.63) is 70.3 Å². The molecule has 7 heteroatoms. The Morgan fingerprint density at radius 3 is 2.67 bits per heavy atom. The first-order chi connectivity index (χ1) is 13.0. The summed E-state index contributed by atoms with van der Waals surface area (Å²) in [6.07, 6.45) is 5.48. The third-order valence-corrected chi connectivity index (χ3v) is 5.08. The maximum Gasteiger partial charge on any atom is 0.333 e. The highest BCUT2D eigenvalue weighted by molar-refractivity contribution is 7.08. The fourth-order valence-electron chi connectivity index (χ4n) is 3.09. The molecule has 0 spiro atoms. The van der Waals surface area contributed by atoms with E-state index >= 15 is 0 Å². The highest BCUT2D eigenvalue weighted by Gasteiger charge is 2.35. The van der Waals surface area contributed by atoms with Gasteiger partial charge in [-0.05, 0) is 36.4 Å². The second-order valence-electron chi connectivity index (χ2n) is 6.44. The molecule has 0 aliphatic carbocycles. The smallest absolute Gasteiger partial charge is 0.333 e. The number of thiophene rings is 1. The van der Waals surface area contributed by atoms with E-state index in [1.54, 1.807) is 22.1 Å². The maximum atomic E-state index is 11.2. The molecule has 1 amide bonds. The van der Waals surface area contributed by atoms with Crippen LogP contribution >= 0.6 is 11.3 Å². The number of para-hydroxylation sites is 1. The van der Waals surface area contributed by atoms with Crippen molar-refractivity contribution in [3.8, 4) is 0 Å². The monoisotopic (exact) mass is 377 g/mol. The highest BCUT2D eigenvalue weighted by atomic mass is 32.1. The molecular formula is C20H19N5OS+2. The van der Waals surface area contributed by atoms with E-state index in [4.69, 9.17) is 15.7 Å². The summed E-state index contributed by atoms with van der Waals surface area (Å²) in [6, 6.07) is 8.18. The van der Waals surface area contributed by atoms with Crippen molar-refractivity contribution in [1.29, 1.82) is 0 Å². The van der Waals surface area contributed by atoms with E-state index in [1.165, 1.54) is 0 Å². The fraction of sp³-hybridized carbons (Fsp3) is 0.150. The third kappa shape index (κ3) is 3.29. The molecule has 1 aliphatic rings. The summed E-state index contributed by atoms with van der Waals surface area (Å²) in [5.74, 6) is 1.09. The van der Waals surface area contributed by atoms with Crippen molar-refractivity contribution in [2.45, 2.75) is 20.4 Å². The minimum atomic E-state index is -0.394. The summed E-state index contributed by atoms with van der Waals surface area (Å²) < 4.78 is 3.67. The van der Waals surface area contributed by atoms with Gasteiger partial charge in [-0.3, -0.25) is 4.79 Å². The number of carbonyl (C=O) groups is 1. The summed E-state index contributed by atoms with van der Waals surface area (Å²) in [4.78, 5) is 21.0. The summed E-state index contributed by atoms with van der Waals surface area (Å²) in [7, 11) is 0. The number of hydrogen-bond acceptors (Lipinski definition) is 4. The van der Waals surface area contributed by atoms with Gasteiger partial charge in [-0.2, -0.15) is 20.5 Å². The lowest BCUT2D eigenvalue weighted by Gasteiger charge is -2.02. The Morgan fingerprint density at radius 1 is 1.22 bits per heavy atom. The van der Waals surface area contributed by atoms with Crippen LogP contribution in [-0.4, -0.2) is 17.5 Å². The molecule has 0 saturated carbocycles. The highest BCUT2D eigenvalue weighted by Crippen LogP contribution is 2.25. The predicted octanol–water partition coefficient (Wildman–Crippen LogP) is 2.14. The zero-order valence-corrected chi connectivity index (χ0v) is 15.9. The molecule has 0 fully saturated rings. The van der Waals surface area contributed by atoms with E-state index in [1.807, 2.05) is 34.5 Å². The van der Waals surface area contributed by atoms with E-state index in [9.17, 15) is 4.79 Å². The molecule has 1 aromatic carbocycles. The largest absolute Gasteiger partial charge is 0.364 e. The molecule has 4 rings (SSSR count). The molecule has 1 aliphatic heterocycles. The summed E-state index contributed by atoms with van der Waals surface area (Å²) in [5, 5.41) is 4.08. The Bertz CT molecular complexity index is 1080. The molecule has 3 heterocycles. The lowest BCUT2D eigenvalue weighted by atomic mass is 10.1. The number of rotatable bonds is 4. The predicted molar refractivity (Wildman–Crippen MR) is 105 cm³/mol. The van der Waals surface area contributed by atoms with Crippen LogP contribution < -0.4 is 14.9 Å². The van der Waals surface area contributed by atoms with Crippen molar-refractivity contribution >= 4 is 40.3 Å². The van der Waals surface area contributed by atoms with Gasteiger partial charge in [-0.15, -0.1) is 0 Å². The minimum absolute atomic E-state index is 0.112. The third-order valence-electron chi connectivity index (χ3n) is 4.39. The van der Waals surface area contributed by atoms with Crippen molar-refractivity contribution in [3.63, 3.8) is 0 Å². The zero-order chi connectivity index (χ0) is 19.0. The van der Waals surface area contributed by atoms with Gasteiger partial charge in [-0.1, -0.05) is 28.2 Å². The Morgan fingerprint density at radius 2 is 2.00 bits per heavy atom. The van der Waals surface area contributed by atoms with E-state index in [0.717, 1.165) is 33.9 Å². The first kappa shape index (κ1) is 17.2. The molecule has 0 unspecified atom stereocenters. The van der Waals surface area contributed by atoms with Gasteiger partial charge in [0, 0.05) is 10.9 Å². The number of aryl methyl sites for hydroxylation is 2. The first-order valence-electron chi connectivity index (χ1n) is 8.53. The van der Waals surface area contributed by atoms with Gasteiger partial charge in [0.1, 0.15) is 11.9 Å². The number of fused-ring (bicyclic) bond motifs is 1. The molecule has 3 aromatic rings. The Hall–Kier alpha value is -3.19. The number of carbonyl (C=O) groups excluding carboxylic acids is 1. The molecule has 0 saturated heterocycles. The van der Waals surface area contributed by atoms with E-state index in [2.05, 4.69) is 31.4 Å². The van der Waals surface area contributed by atoms with Crippen LogP contribution in [0.15, 0.2) is 63.6 Å². The number of aliphatic imine (C=N–C) groups is 2. The van der Waals surface area contributed by atoms with Gasteiger partial charge in [0.25, 0.3) is 5.91 Å². The average molecular weight is 377 g/mol. The molecule has 2 aromatic heterocycles.